The summed E-state index contributed by atoms with van der Waals surface area (Å²) < 4.78 is 1.79. The Labute approximate surface area is 166 Å². The number of H-pyrrole nitrogens is 1. The number of likely N-dealkylation sites (tertiary alicyclic amines) is 1. The first-order valence-corrected chi connectivity index (χ1v) is 9.63. The van der Waals surface area contributed by atoms with Crippen LogP contribution in [0.15, 0.2) is 47.3 Å². The summed E-state index contributed by atoms with van der Waals surface area (Å²) in [6.45, 7) is 1.86. The lowest BCUT2D eigenvalue weighted by molar-refractivity contribution is 0.0793. The van der Waals surface area contributed by atoms with Crippen LogP contribution in [-0.4, -0.2) is 33.4 Å². The van der Waals surface area contributed by atoms with Gasteiger partial charge in [0.05, 0.1) is 17.4 Å². The van der Waals surface area contributed by atoms with Gasteiger partial charge in [-0.05, 0) is 54.9 Å². The number of amides is 1. The Morgan fingerprint density at radius 1 is 1.15 bits per heavy atom. The summed E-state index contributed by atoms with van der Waals surface area (Å²) in [5, 5.41) is 1.08. The van der Waals surface area contributed by atoms with Gasteiger partial charge in [0.15, 0.2) is 4.77 Å². The van der Waals surface area contributed by atoms with Crippen LogP contribution >= 0.6 is 23.8 Å². The number of carbonyl (C=O) groups excluding carboxylic acids is 1. The van der Waals surface area contributed by atoms with Gasteiger partial charge < -0.3 is 9.88 Å². The SMILES string of the molecule is O=C(c1ccc2c(=O)n(Cc3ccccc3Cl)c(=S)[nH]c2c1)N1CCCC1. The van der Waals surface area contributed by atoms with E-state index in [2.05, 4.69) is 4.98 Å². The Hall–Kier alpha value is -2.44. The van der Waals surface area contributed by atoms with Crippen LogP contribution in [0.3, 0.4) is 0 Å². The van der Waals surface area contributed by atoms with E-state index in [1.165, 1.54) is 4.57 Å². The Bertz CT molecular complexity index is 1150. The van der Waals surface area contributed by atoms with Crippen LogP contribution < -0.4 is 5.56 Å². The topological polar surface area (TPSA) is 58.1 Å². The molecule has 1 aromatic heterocycles. The molecule has 5 nitrogen and oxygen atoms in total. The molecule has 0 saturated carbocycles. The van der Waals surface area contributed by atoms with E-state index in [1.807, 2.05) is 23.1 Å². The van der Waals surface area contributed by atoms with Gasteiger partial charge in [-0.25, -0.2) is 0 Å². The van der Waals surface area contributed by atoms with Crippen molar-refractivity contribution in [2.24, 2.45) is 0 Å². The summed E-state index contributed by atoms with van der Waals surface area (Å²) >= 11 is 11.6. The van der Waals surface area contributed by atoms with E-state index in [9.17, 15) is 9.59 Å². The lowest BCUT2D eigenvalue weighted by atomic mass is 10.1. The molecule has 0 radical (unpaired) electrons. The minimum absolute atomic E-state index is 0.00559. The Morgan fingerprint density at radius 2 is 1.89 bits per heavy atom. The van der Waals surface area contributed by atoms with Crippen LogP contribution in [0.4, 0.5) is 0 Å². The van der Waals surface area contributed by atoms with Gasteiger partial charge in [-0.15, -0.1) is 0 Å². The number of halogens is 1. The maximum atomic E-state index is 12.9. The third-order valence-corrected chi connectivity index (χ3v) is 5.60. The quantitative estimate of drug-likeness (QED) is 0.677. The summed E-state index contributed by atoms with van der Waals surface area (Å²) in [5.41, 5.74) is 1.76. The van der Waals surface area contributed by atoms with Crippen LogP contribution in [0, 0.1) is 4.77 Å². The molecule has 3 aromatic rings. The minimum atomic E-state index is -0.200. The van der Waals surface area contributed by atoms with Crippen molar-refractivity contribution >= 4 is 40.6 Å². The van der Waals surface area contributed by atoms with Crippen molar-refractivity contribution in [2.45, 2.75) is 19.4 Å². The summed E-state index contributed by atoms with van der Waals surface area (Å²) in [6.07, 6.45) is 2.07. The number of nitrogens with one attached hydrogen (secondary N) is 1. The van der Waals surface area contributed by atoms with Gasteiger partial charge in [0.2, 0.25) is 0 Å². The first-order chi connectivity index (χ1) is 13.0. The van der Waals surface area contributed by atoms with Crippen LogP contribution in [-0.2, 0) is 6.54 Å². The molecule has 1 N–H and O–H groups in total. The fraction of sp³-hybridized carbons (Fsp3) is 0.250. The van der Waals surface area contributed by atoms with Gasteiger partial charge in [0.1, 0.15) is 0 Å². The molecule has 138 valence electrons. The molecule has 7 heteroatoms. The van der Waals surface area contributed by atoms with Crippen molar-refractivity contribution in [2.75, 3.05) is 13.1 Å². The molecule has 1 amide bonds. The maximum Gasteiger partial charge on any atom is 0.262 e. The Morgan fingerprint density at radius 3 is 2.63 bits per heavy atom. The lowest BCUT2D eigenvalue weighted by Gasteiger charge is -2.15. The number of hydrogen-bond donors (Lipinski definition) is 1. The van der Waals surface area contributed by atoms with Gasteiger partial charge in [-0.3, -0.25) is 14.2 Å². The van der Waals surface area contributed by atoms with Crippen molar-refractivity contribution in [3.05, 3.63) is 73.7 Å². The third-order valence-electron chi connectivity index (χ3n) is 4.91. The molecule has 1 saturated heterocycles. The fourth-order valence-electron chi connectivity index (χ4n) is 3.43. The number of benzene rings is 2. The standard InChI is InChI=1S/C20H18ClN3O2S/c21-16-6-2-1-5-14(16)12-24-19(26)15-8-7-13(11-17(15)22-20(24)27)18(25)23-9-3-4-10-23/h1-2,5-8,11H,3-4,9-10,12H2,(H,22,27). The number of hydrogen-bond acceptors (Lipinski definition) is 3. The largest absolute Gasteiger partial charge is 0.339 e. The molecule has 1 aliphatic rings. The maximum absolute atomic E-state index is 12.9. The van der Waals surface area contributed by atoms with E-state index >= 15 is 0 Å². The van der Waals surface area contributed by atoms with Crippen molar-refractivity contribution in [3.8, 4) is 0 Å². The first kappa shape index (κ1) is 17.9. The summed E-state index contributed by atoms with van der Waals surface area (Å²) in [5.74, 6) is -0.00559. The molecule has 27 heavy (non-hydrogen) atoms. The monoisotopic (exact) mass is 399 g/mol. The minimum Gasteiger partial charge on any atom is -0.339 e. The number of fused-ring (bicyclic) bond motifs is 1. The van der Waals surface area contributed by atoms with Crippen molar-refractivity contribution < 1.29 is 4.79 Å². The summed E-state index contributed by atoms with van der Waals surface area (Å²) in [7, 11) is 0. The normalized spacial score (nSPS) is 14.0. The second kappa shape index (κ2) is 7.29. The zero-order valence-corrected chi connectivity index (χ0v) is 16.1. The molecule has 2 aromatic carbocycles. The number of aromatic nitrogens is 2. The van der Waals surface area contributed by atoms with Crippen molar-refractivity contribution in [3.63, 3.8) is 0 Å². The Balaban J connectivity index is 1.75. The van der Waals surface area contributed by atoms with Crippen molar-refractivity contribution in [1.29, 1.82) is 0 Å². The number of carbonyl (C=O) groups is 1. The van der Waals surface area contributed by atoms with E-state index in [0.717, 1.165) is 31.5 Å². The van der Waals surface area contributed by atoms with Crippen molar-refractivity contribution in [1.82, 2.24) is 14.5 Å². The zero-order chi connectivity index (χ0) is 19.0. The predicted octanol–water partition coefficient (Wildman–Crippen LogP) is 4.00. The summed E-state index contributed by atoms with van der Waals surface area (Å²) in [4.78, 5) is 30.5. The van der Waals surface area contributed by atoms with Gasteiger partial charge in [0.25, 0.3) is 11.5 Å². The van der Waals surface area contributed by atoms with E-state index in [1.54, 1.807) is 24.3 Å². The molecular weight excluding hydrogens is 382 g/mol. The molecule has 0 spiro atoms. The highest BCUT2D eigenvalue weighted by atomic mass is 35.5. The lowest BCUT2D eigenvalue weighted by Crippen LogP contribution is -2.28. The fourth-order valence-corrected chi connectivity index (χ4v) is 3.88. The molecule has 0 bridgehead atoms. The highest BCUT2D eigenvalue weighted by Crippen LogP contribution is 2.18. The van der Waals surface area contributed by atoms with Crippen LogP contribution in [0.5, 0.6) is 0 Å². The molecule has 2 heterocycles. The third kappa shape index (κ3) is 3.42. The van der Waals surface area contributed by atoms with Gasteiger partial charge in [-0.1, -0.05) is 29.8 Å². The van der Waals surface area contributed by atoms with Crippen LogP contribution in [0.1, 0.15) is 28.8 Å². The summed E-state index contributed by atoms with van der Waals surface area (Å²) in [6, 6.07) is 12.5. The zero-order valence-electron chi connectivity index (χ0n) is 14.6. The molecule has 1 fully saturated rings. The van der Waals surface area contributed by atoms with Crippen LogP contribution in [0.25, 0.3) is 10.9 Å². The number of aromatic amines is 1. The number of nitrogens with zero attached hydrogens (tertiary/aromatic N) is 2. The van der Waals surface area contributed by atoms with Gasteiger partial charge in [-0.2, -0.15) is 0 Å². The average molecular weight is 400 g/mol. The van der Waals surface area contributed by atoms with Gasteiger partial charge in [0, 0.05) is 23.7 Å². The highest BCUT2D eigenvalue weighted by Gasteiger charge is 2.20. The first-order valence-electron chi connectivity index (χ1n) is 8.84. The molecule has 0 atom stereocenters. The molecule has 0 aliphatic carbocycles. The molecule has 1 aliphatic heterocycles. The second-order valence-corrected chi connectivity index (χ2v) is 7.47. The molecular formula is C20H18ClN3O2S. The molecule has 0 unspecified atom stereocenters. The van der Waals surface area contributed by atoms with Gasteiger partial charge >= 0.3 is 0 Å². The van der Waals surface area contributed by atoms with E-state index < -0.39 is 0 Å². The average Bonchev–Trinajstić information content (AvgIpc) is 3.20. The Kier molecular flexibility index (Phi) is 4.85. The predicted molar refractivity (Wildman–Crippen MR) is 109 cm³/mol. The smallest absolute Gasteiger partial charge is 0.262 e. The molecule has 4 rings (SSSR count). The van der Waals surface area contributed by atoms with E-state index in [0.29, 0.717) is 26.3 Å². The van der Waals surface area contributed by atoms with E-state index in [4.69, 9.17) is 23.8 Å². The van der Waals surface area contributed by atoms with E-state index in [-0.39, 0.29) is 18.0 Å². The van der Waals surface area contributed by atoms with Crippen LogP contribution in [0.2, 0.25) is 5.02 Å². The second-order valence-electron chi connectivity index (χ2n) is 6.67. The highest BCUT2D eigenvalue weighted by molar-refractivity contribution is 7.71. The number of rotatable bonds is 3.